The van der Waals surface area contributed by atoms with Gasteiger partial charge in [-0.2, -0.15) is 8.78 Å². The fourth-order valence-corrected chi connectivity index (χ4v) is 1.69. The van der Waals surface area contributed by atoms with Crippen LogP contribution >= 0.6 is 8.15 Å². The highest BCUT2D eigenvalue weighted by Gasteiger charge is 2.37. The van der Waals surface area contributed by atoms with Crippen molar-refractivity contribution in [2.45, 2.75) is 32.1 Å². The molecule has 0 amide bonds. The van der Waals surface area contributed by atoms with Gasteiger partial charge >= 0.3 is 5.92 Å². The highest BCUT2D eigenvalue weighted by Crippen LogP contribution is 2.34. The first-order valence-electron chi connectivity index (χ1n) is 4.60. The smallest absolute Gasteiger partial charge is 0.305 e. The van der Waals surface area contributed by atoms with Crippen LogP contribution in [0.25, 0.3) is 0 Å². The van der Waals surface area contributed by atoms with Crippen LogP contribution in [0.2, 0.25) is 0 Å². The van der Waals surface area contributed by atoms with Crippen LogP contribution in [0.3, 0.4) is 0 Å². The molecule has 0 heterocycles. The van der Waals surface area contributed by atoms with Gasteiger partial charge in [-0.15, -0.1) is 0 Å². The summed E-state index contributed by atoms with van der Waals surface area (Å²) in [6.07, 6.45) is 0.569. The maximum Gasteiger partial charge on any atom is 0.305 e. The van der Waals surface area contributed by atoms with Gasteiger partial charge in [0.25, 0.3) is 0 Å². The van der Waals surface area contributed by atoms with Gasteiger partial charge in [0.2, 0.25) is 5.78 Å². The zero-order valence-corrected chi connectivity index (χ0v) is 9.74. The van der Waals surface area contributed by atoms with Crippen LogP contribution in [-0.2, 0) is 9.32 Å². The molecule has 0 saturated carbocycles. The van der Waals surface area contributed by atoms with E-state index in [4.69, 9.17) is 4.52 Å². The molecule has 0 fully saturated rings. The lowest BCUT2D eigenvalue weighted by molar-refractivity contribution is -0.141. The van der Waals surface area contributed by atoms with Crippen molar-refractivity contribution in [3.63, 3.8) is 0 Å². The van der Waals surface area contributed by atoms with Crippen molar-refractivity contribution < 1.29 is 18.1 Å². The summed E-state index contributed by atoms with van der Waals surface area (Å²) in [5, 5.41) is 0. The van der Waals surface area contributed by atoms with Crippen LogP contribution in [-0.4, -0.2) is 31.6 Å². The van der Waals surface area contributed by atoms with E-state index in [-0.39, 0.29) is 12.6 Å². The molecule has 2 nitrogen and oxygen atoms in total. The number of halogens is 2. The van der Waals surface area contributed by atoms with E-state index in [0.29, 0.717) is 12.8 Å². The molecule has 0 bridgehead atoms. The zero-order chi connectivity index (χ0) is 11.2. The summed E-state index contributed by atoms with van der Waals surface area (Å²) in [5.41, 5.74) is 0. The first kappa shape index (κ1) is 13.9. The van der Waals surface area contributed by atoms with Crippen molar-refractivity contribution in [3.05, 3.63) is 0 Å². The number of Topliss-reactive ketones (excluding diaryl/α,β-unsaturated/α-hetero) is 1. The van der Waals surface area contributed by atoms with Crippen molar-refractivity contribution in [3.8, 4) is 0 Å². The van der Waals surface area contributed by atoms with Gasteiger partial charge in [0.15, 0.2) is 0 Å². The molecule has 1 unspecified atom stereocenters. The second-order valence-electron chi connectivity index (χ2n) is 3.20. The quantitative estimate of drug-likeness (QED) is 0.623. The second kappa shape index (κ2) is 6.41. The first-order valence-corrected chi connectivity index (χ1v) is 6.49. The fraction of sp³-hybridized carbons (Fsp3) is 0.889. The Labute approximate surface area is 84.9 Å². The molecular formula is C9H17F2O2P. The van der Waals surface area contributed by atoms with Gasteiger partial charge in [-0.3, -0.25) is 4.79 Å². The van der Waals surface area contributed by atoms with Crippen LogP contribution in [0.1, 0.15) is 26.2 Å². The number of carbonyl (C=O) groups is 1. The molecule has 0 aliphatic heterocycles. The largest absolute Gasteiger partial charge is 0.362 e. The molecule has 0 aromatic heterocycles. The lowest BCUT2D eigenvalue weighted by Gasteiger charge is -2.16. The molecule has 0 aliphatic carbocycles. The third kappa shape index (κ3) is 4.97. The van der Waals surface area contributed by atoms with Gasteiger partial charge in [-0.05, 0) is 13.1 Å². The Morgan fingerprint density at radius 1 is 1.50 bits per heavy atom. The van der Waals surface area contributed by atoms with Gasteiger partial charge in [0.05, 0.1) is 6.16 Å². The maximum absolute atomic E-state index is 13.1. The number of carbonyl (C=O) groups excluding carboxylic acids is 1. The topological polar surface area (TPSA) is 26.3 Å². The fourth-order valence-electron chi connectivity index (χ4n) is 0.921. The molecule has 0 saturated heterocycles. The minimum atomic E-state index is -3.16. The number of hydrogen-bond donors (Lipinski definition) is 0. The van der Waals surface area contributed by atoms with Crippen molar-refractivity contribution in [1.82, 2.24) is 0 Å². The van der Waals surface area contributed by atoms with E-state index in [1.165, 1.54) is 7.11 Å². The lowest BCUT2D eigenvalue weighted by atomic mass is 10.1. The predicted octanol–water partition coefficient (Wildman–Crippen LogP) is 3.05. The second-order valence-corrected chi connectivity index (χ2v) is 5.14. The molecule has 1 atom stereocenters. The Balaban J connectivity index is 4.06. The van der Waals surface area contributed by atoms with Gasteiger partial charge in [-0.25, -0.2) is 0 Å². The summed E-state index contributed by atoms with van der Waals surface area (Å²) in [6, 6.07) is 0. The number of alkyl halides is 2. The molecule has 14 heavy (non-hydrogen) atoms. The molecule has 0 N–H and O–H groups in total. The minimum Gasteiger partial charge on any atom is -0.362 e. The summed E-state index contributed by atoms with van der Waals surface area (Å²) in [6.45, 7) is 3.49. The molecule has 0 aromatic carbocycles. The molecular weight excluding hydrogens is 209 g/mol. The average Bonchev–Trinajstić information content (AvgIpc) is 2.14. The van der Waals surface area contributed by atoms with Gasteiger partial charge in [-0.1, -0.05) is 13.3 Å². The molecule has 0 spiro atoms. The van der Waals surface area contributed by atoms with E-state index in [1.54, 1.807) is 6.66 Å². The number of ketones is 1. The summed E-state index contributed by atoms with van der Waals surface area (Å²) in [4.78, 5) is 11.1. The van der Waals surface area contributed by atoms with Crippen LogP contribution in [0.15, 0.2) is 0 Å². The minimum absolute atomic E-state index is 0.150. The van der Waals surface area contributed by atoms with E-state index in [0.717, 1.165) is 0 Å². The molecule has 84 valence electrons. The summed E-state index contributed by atoms with van der Waals surface area (Å²) >= 11 is 0. The number of unbranched alkanes of at least 4 members (excludes halogenated alkanes) is 1. The third-order valence-electron chi connectivity index (χ3n) is 1.93. The number of hydrogen-bond acceptors (Lipinski definition) is 2. The Kier molecular flexibility index (Phi) is 6.38. The highest BCUT2D eigenvalue weighted by molar-refractivity contribution is 7.52. The molecule has 0 aromatic rings. The normalized spacial score (nSPS) is 14.1. The monoisotopic (exact) mass is 226 g/mol. The molecule has 0 aliphatic rings. The van der Waals surface area contributed by atoms with E-state index in [2.05, 4.69) is 0 Å². The third-order valence-corrected chi connectivity index (χ3v) is 3.29. The molecule has 0 radical (unpaired) electrons. The lowest BCUT2D eigenvalue weighted by Crippen LogP contribution is -2.30. The SMILES string of the molecule is CCCCC(F)(F)C(=O)CP(C)OC. The van der Waals surface area contributed by atoms with E-state index < -0.39 is 19.9 Å². The molecule has 5 heteroatoms. The summed E-state index contributed by atoms with van der Waals surface area (Å²) < 4.78 is 31.0. The van der Waals surface area contributed by atoms with Gasteiger partial charge in [0, 0.05) is 21.7 Å². The standard InChI is InChI=1S/C9H17F2O2P/c1-4-5-6-9(10,11)8(12)7-14(3)13-2/h4-7H2,1-3H3. The van der Waals surface area contributed by atoms with E-state index in [9.17, 15) is 13.6 Å². The maximum atomic E-state index is 13.1. The van der Waals surface area contributed by atoms with E-state index >= 15 is 0 Å². The van der Waals surface area contributed by atoms with Crippen molar-refractivity contribution >= 4 is 13.9 Å². The van der Waals surface area contributed by atoms with Gasteiger partial charge in [0.1, 0.15) is 0 Å². The average molecular weight is 226 g/mol. The van der Waals surface area contributed by atoms with Gasteiger partial charge < -0.3 is 4.52 Å². The predicted molar refractivity (Wildman–Crippen MR) is 54.2 cm³/mol. The van der Waals surface area contributed by atoms with Crippen LogP contribution < -0.4 is 0 Å². The van der Waals surface area contributed by atoms with Crippen LogP contribution in [0, 0.1) is 0 Å². The van der Waals surface area contributed by atoms with Crippen molar-refractivity contribution in [1.29, 1.82) is 0 Å². The molecule has 0 rings (SSSR count). The van der Waals surface area contributed by atoms with Crippen LogP contribution in [0.4, 0.5) is 8.78 Å². The van der Waals surface area contributed by atoms with Crippen molar-refractivity contribution in [2.75, 3.05) is 19.9 Å². The van der Waals surface area contributed by atoms with Crippen molar-refractivity contribution in [2.24, 2.45) is 0 Å². The number of rotatable bonds is 7. The van der Waals surface area contributed by atoms with Crippen LogP contribution in [0.5, 0.6) is 0 Å². The Morgan fingerprint density at radius 3 is 2.50 bits per heavy atom. The van der Waals surface area contributed by atoms with E-state index in [1.807, 2.05) is 6.92 Å². The first-order chi connectivity index (χ1) is 6.44. The summed E-state index contributed by atoms with van der Waals surface area (Å²) in [5.74, 6) is -4.15. The Morgan fingerprint density at radius 2 is 2.07 bits per heavy atom. The highest BCUT2D eigenvalue weighted by atomic mass is 31.1. The Hall–Kier alpha value is -0.0800. The zero-order valence-electron chi connectivity index (χ0n) is 8.85. The Bertz CT molecular complexity index is 186. The summed E-state index contributed by atoms with van der Waals surface area (Å²) in [7, 11) is 0.407.